The van der Waals surface area contributed by atoms with Gasteiger partial charge in [-0.25, -0.2) is 0 Å². The van der Waals surface area contributed by atoms with Crippen LogP contribution in [-0.4, -0.2) is 15.8 Å². The summed E-state index contributed by atoms with van der Waals surface area (Å²) in [6, 6.07) is 114. The largest absolute Gasteiger partial charge is 0.456 e. The number of furan rings is 1. The van der Waals surface area contributed by atoms with E-state index in [2.05, 4.69) is 443 Å². The van der Waals surface area contributed by atoms with Gasteiger partial charge in [0.15, 0.2) is 0 Å². The fourth-order valence-electron chi connectivity index (χ4n) is 20.9. The molecular weight excluding hydrogens is 1490 g/mol. The summed E-state index contributed by atoms with van der Waals surface area (Å²) in [4.78, 5) is 5.62. The molecule has 18 aromatic rings. The van der Waals surface area contributed by atoms with E-state index < -0.39 is 10.8 Å². The quantitative estimate of drug-likeness (QED) is 0.162. The number of hydrogen-bond acceptors (Lipinski definition) is 3. The minimum atomic E-state index is -0.520. The summed E-state index contributed by atoms with van der Waals surface area (Å²) in [7, 11) is 0. The molecule has 0 spiro atoms. The highest BCUT2D eigenvalue weighted by Crippen LogP contribution is 2.58. The number of benzene rings is 15. The third-order valence-electron chi connectivity index (χ3n) is 28.1. The van der Waals surface area contributed by atoms with E-state index in [1.807, 2.05) is 0 Å². The van der Waals surface area contributed by atoms with Crippen LogP contribution in [0.1, 0.15) is 183 Å². The lowest BCUT2D eigenvalue weighted by Crippen LogP contribution is -2.61. The second-order valence-electron chi connectivity index (χ2n) is 42.7. The summed E-state index contributed by atoms with van der Waals surface area (Å²) in [6.45, 7) is 47.5. The highest BCUT2D eigenvalue weighted by molar-refractivity contribution is 7.00. The van der Waals surface area contributed by atoms with Gasteiger partial charge in [0.05, 0.1) is 33.4 Å². The maximum Gasteiger partial charge on any atom is 0.252 e. The maximum atomic E-state index is 6.90. The monoisotopic (exact) mass is 1590 g/mol. The van der Waals surface area contributed by atoms with Crippen LogP contribution >= 0.6 is 0 Å². The molecule has 4 aliphatic rings. The summed E-state index contributed by atoms with van der Waals surface area (Å²) in [5, 5.41) is 7.12. The van der Waals surface area contributed by atoms with E-state index in [1.54, 1.807) is 0 Å². The molecule has 22 rings (SSSR count). The molecule has 7 heterocycles. The minimum absolute atomic E-state index is 0.122. The smallest absolute Gasteiger partial charge is 0.252 e. The van der Waals surface area contributed by atoms with Gasteiger partial charge in [0.2, 0.25) is 0 Å². The highest BCUT2D eigenvalue weighted by atomic mass is 16.3. The number of nitrogens with zero attached hydrogens (tertiary/aromatic N) is 4. The van der Waals surface area contributed by atoms with Crippen molar-refractivity contribution in [2.45, 2.75) is 176 Å². The van der Waals surface area contributed by atoms with Crippen LogP contribution < -0.4 is 26.2 Å². The van der Waals surface area contributed by atoms with Gasteiger partial charge in [0, 0.05) is 94.1 Å². The average Bonchev–Trinajstić information content (AvgIpc) is 1.21. The van der Waals surface area contributed by atoms with Crippen molar-refractivity contribution >= 4 is 123 Å². The first-order valence-electron chi connectivity index (χ1n) is 44.5. The van der Waals surface area contributed by atoms with E-state index in [0.29, 0.717) is 0 Å². The van der Waals surface area contributed by atoms with Gasteiger partial charge >= 0.3 is 0 Å². The zero-order chi connectivity index (χ0) is 85.2. The molecule has 604 valence electrons. The van der Waals surface area contributed by atoms with E-state index in [9.17, 15) is 0 Å². The van der Waals surface area contributed by atoms with Gasteiger partial charge in [0.25, 0.3) is 6.71 Å². The number of aromatic nitrogens is 2. The molecule has 0 N–H and O–H groups in total. The molecule has 0 radical (unpaired) electrons. The second-order valence-corrected chi connectivity index (χ2v) is 42.7. The number of hydrogen-bond donors (Lipinski definition) is 0. The molecule has 0 saturated heterocycles. The van der Waals surface area contributed by atoms with Crippen LogP contribution in [0.5, 0.6) is 0 Å². The van der Waals surface area contributed by atoms with Crippen LogP contribution in [0.3, 0.4) is 0 Å². The predicted octanol–water partition coefficient (Wildman–Crippen LogP) is 30.6. The van der Waals surface area contributed by atoms with Crippen molar-refractivity contribution < 1.29 is 4.42 Å². The summed E-state index contributed by atoms with van der Waals surface area (Å²) in [5.41, 5.74) is 41.3. The third kappa shape index (κ3) is 11.8. The minimum Gasteiger partial charge on any atom is -0.456 e. The van der Waals surface area contributed by atoms with Gasteiger partial charge in [0.1, 0.15) is 11.2 Å². The average molecular weight is 1600 g/mol. The lowest BCUT2D eigenvalue weighted by atomic mass is 9.33. The lowest BCUT2D eigenvalue weighted by Gasteiger charge is -2.47. The van der Waals surface area contributed by atoms with Crippen molar-refractivity contribution in [1.82, 2.24) is 9.13 Å². The van der Waals surface area contributed by atoms with Crippen LogP contribution in [-0.2, 0) is 37.9 Å². The molecule has 4 aliphatic heterocycles. The Hall–Kier alpha value is -12.6. The SMILES string of the molecule is CC(C)(C)c1cc(-c2ccccc2)c2c(c1)-c1cccc(c1)-c1ccc3oc4ccc(cc4c3c1)-c1cccc(c1)-c1cc(C(C)(C)C)cc3c1N1c4cc(ccc4B4c5ccc(-n6c7cc(C(C)(C)C)ccc7c7ccc(C(C)(C)C)cc76)cc5N2c2cc(C(C)(C)C)cc1c24)-n1c2cc(C(C)(C)C)ccc2c2ccc(cc21)C(C)(C)c1ccccc1-3. The Labute approximate surface area is 725 Å². The Morgan fingerprint density at radius 3 is 1.09 bits per heavy atom. The van der Waals surface area contributed by atoms with Crippen molar-refractivity contribution in [3.63, 3.8) is 0 Å². The van der Waals surface area contributed by atoms with Crippen LogP contribution in [0.15, 0.2) is 290 Å². The third-order valence-corrected chi connectivity index (χ3v) is 28.1. The molecule has 3 aromatic heterocycles. The normalized spacial score (nSPS) is 14.2. The van der Waals surface area contributed by atoms with Crippen LogP contribution in [0.2, 0.25) is 0 Å². The molecule has 5 nitrogen and oxygen atoms in total. The number of anilines is 6. The van der Waals surface area contributed by atoms with Crippen molar-refractivity contribution in [2.24, 2.45) is 0 Å². The number of fused-ring (bicyclic) bond motifs is 27. The van der Waals surface area contributed by atoms with Crippen LogP contribution in [0.4, 0.5) is 34.1 Å². The highest BCUT2D eigenvalue weighted by Gasteiger charge is 2.48. The van der Waals surface area contributed by atoms with Crippen molar-refractivity contribution in [3.05, 3.63) is 330 Å². The molecule has 0 amide bonds. The molecule has 0 unspecified atom stereocenters. The van der Waals surface area contributed by atoms with Gasteiger partial charge < -0.3 is 23.4 Å². The van der Waals surface area contributed by atoms with Crippen molar-refractivity contribution in [3.8, 4) is 78.1 Å². The van der Waals surface area contributed by atoms with Crippen LogP contribution in [0.25, 0.3) is 144 Å². The first-order chi connectivity index (χ1) is 58.5. The predicted molar refractivity (Wildman–Crippen MR) is 527 cm³/mol. The molecule has 15 aromatic carbocycles. The summed E-state index contributed by atoms with van der Waals surface area (Å²) in [6.07, 6.45) is 0. The topological polar surface area (TPSA) is 29.5 Å². The summed E-state index contributed by atoms with van der Waals surface area (Å²) in [5.74, 6) is 0. The van der Waals surface area contributed by atoms with Gasteiger partial charge in [-0.3, -0.25) is 0 Å². The maximum absolute atomic E-state index is 6.90. The fourth-order valence-corrected chi connectivity index (χ4v) is 20.9. The molecule has 0 saturated carbocycles. The Morgan fingerprint density at radius 2 is 0.634 bits per heavy atom. The molecule has 123 heavy (non-hydrogen) atoms. The molecule has 0 atom stereocenters. The van der Waals surface area contributed by atoms with Gasteiger partial charge in [-0.2, -0.15) is 0 Å². The Morgan fingerprint density at radius 1 is 0.260 bits per heavy atom. The van der Waals surface area contributed by atoms with E-state index in [-0.39, 0.29) is 33.8 Å². The first-order valence-corrected chi connectivity index (χ1v) is 44.5. The van der Waals surface area contributed by atoms with Crippen molar-refractivity contribution in [1.29, 1.82) is 0 Å². The molecule has 17 bridgehead atoms. The zero-order valence-corrected chi connectivity index (χ0v) is 74.9. The standard InChI is InChI=1S/C117H107BN4O/c1-111(2,3)75-38-44-85-86-45-39-76(112(4,5)6)61-99(86)119(98(85)60-75)82-42-48-96-102(66-82)121-104-64-81(116(16,17)18)65-105-108(104)118(96)97-49-43-83-67-103(97)122(105)110-91(58-80(115(13,14)15)59-94(110)84-34-24-25-35-95(84)117(19,20)78-41-47-88-87-46-40-77(113(7,8)9)62-100(87)120(83)101(88)63-78)74-33-27-31-70(53-74)72-37-51-107-93(55-72)92-54-71(36-50-106(92)123-107)69-30-26-32-73(52-69)90-57-79(114(10,11)12)56-89(109(90)121)68-28-22-21-23-29-68/h21-67H,1-20H3. The summed E-state index contributed by atoms with van der Waals surface area (Å²) < 4.78 is 12.2. The Bertz CT molecular complexity index is 7520. The van der Waals surface area contributed by atoms with Gasteiger partial charge in [-0.15, -0.1) is 0 Å². The second kappa shape index (κ2) is 26.2. The lowest BCUT2D eigenvalue weighted by molar-refractivity contribution is 0.590. The van der Waals surface area contributed by atoms with E-state index in [4.69, 9.17) is 4.42 Å². The fraction of sp³-hybridized carbons (Fsp3) is 0.231. The molecular formula is C117H107BN4O. The Kier molecular flexibility index (Phi) is 16.3. The molecule has 6 heteroatoms. The Balaban J connectivity index is 0.974. The van der Waals surface area contributed by atoms with Crippen LogP contribution in [0, 0.1) is 0 Å². The summed E-state index contributed by atoms with van der Waals surface area (Å²) >= 11 is 0. The molecule has 0 aliphatic carbocycles. The van der Waals surface area contributed by atoms with E-state index in [1.165, 1.54) is 116 Å². The van der Waals surface area contributed by atoms with E-state index >= 15 is 0 Å². The van der Waals surface area contributed by atoms with Crippen molar-refractivity contribution in [2.75, 3.05) is 9.80 Å². The van der Waals surface area contributed by atoms with E-state index in [0.717, 1.165) is 123 Å². The molecule has 0 fully saturated rings. The van der Waals surface area contributed by atoms with Gasteiger partial charge in [-0.05, 0) is 259 Å². The zero-order valence-electron chi connectivity index (χ0n) is 74.9. The van der Waals surface area contributed by atoms with Gasteiger partial charge in [-0.1, -0.05) is 302 Å². The first kappa shape index (κ1) is 76.5. The number of rotatable bonds is 2.